The normalized spacial score (nSPS) is 14.3. The van der Waals surface area contributed by atoms with E-state index in [1.54, 1.807) is 6.07 Å². The van der Waals surface area contributed by atoms with Gasteiger partial charge in [0.05, 0.1) is 11.1 Å². The molecule has 6 heteroatoms. The zero-order chi connectivity index (χ0) is 14.3. The molecule has 0 bridgehead atoms. The molecule has 2 aromatic rings. The van der Waals surface area contributed by atoms with Crippen molar-refractivity contribution in [1.82, 2.24) is 5.16 Å². The first-order valence-electron chi connectivity index (χ1n) is 6.22. The minimum absolute atomic E-state index is 0.180. The van der Waals surface area contributed by atoms with Crippen molar-refractivity contribution in [2.75, 3.05) is 0 Å². The van der Waals surface area contributed by atoms with Gasteiger partial charge in [0.2, 0.25) is 5.76 Å². The molecule has 5 nitrogen and oxygen atoms in total. The molecule has 20 heavy (non-hydrogen) atoms. The minimum atomic E-state index is -1.16. The molecule has 1 aliphatic carbocycles. The van der Waals surface area contributed by atoms with Crippen LogP contribution in [0, 0.1) is 6.92 Å². The summed E-state index contributed by atoms with van der Waals surface area (Å²) in [6.07, 6.45) is 2.19. The van der Waals surface area contributed by atoms with Gasteiger partial charge in [-0.2, -0.15) is 0 Å². The Balaban J connectivity index is 2.07. The number of ether oxygens (including phenoxy) is 1. The Bertz CT molecular complexity index is 676. The molecule has 1 aromatic carbocycles. The van der Waals surface area contributed by atoms with Crippen LogP contribution >= 0.6 is 11.6 Å². The van der Waals surface area contributed by atoms with Crippen LogP contribution in [-0.4, -0.2) is 22.3 Å². The molecule has 1 aromatic heterocycles. The maximum absolute atomic E-state index is 10.9. The molecule has 0 atom stereocenters. The van der Waals surface area contributed by atoms with E-state index in [9.17, 15) is 4.79 Å². The fourth-order valence-corrected chi connectivity index (χ4v) is 2.21. The Morgan fingerprint density at radius 3 is 2.80 bits per heavy atom. The Morgan fingerprint density at radius 2 is 2.20 bits per heavy atom. The number of carbonyl (C=O) groups is 1. The molecule has 1 aliphatic rings. The van der Waals surface area contributed by atoms with Crippen molar-refractivity contribution in [3.05, 3.63) is 34.5 Å². The highest BCUT2D eigenvalue weighted by molar-refractivity contribution is 6.32. The van der Waals surface area contributed by atoms with E-state index >= 15 is 0 Å². The second-order valence-corrected chi connectivity index (χ2v) is 5.23. The summed E-state index contributed by atoms with van der Waals surface area (Å²) in [7, 11) is 0. The Kier molecular flexibility index (Phi) is 3.14. The van der Waals surface area contributed by atoms with Gasteiger partial charge < -0.3 is 14.4 Å². The summed E-state index contributed by atoms with van der Waals surface area (Å²) in [5.41, 5.74) is 2.00. The molecule has 1 heterocycles. The second kappa shape index (κ2) is 4.83. The van der Waals surface area contributed by atoms with E-state index in [1.165, 1.54) is 6.07 Å². The van der Waals surface area contributed by atoms with Crippen LogP contribution < -0.4 is 4.74 Å². The van der Waals surface area contributed by atoms with Crippen LogP contribution in [0.15, 0.2) is 22.7 Å². The first-order chi connectivity index (χ1) is 9.54. The van der Waals surface area contributed by atoms with Gasteiger partial charge in [0.15, 0.2) is 0 Å². The summed E-state index contributed by atoms with van der Waals surface area (Å²) in [5.74, 6) is -0.841. The third-order valence-corrected chi connectivity index (χ3v) is 3.27. The molecular weight excluding hydrogens is 282 g/mol. The van der Waals surface area contributed by atoms with Crippen molar-refractivity contribution < 1.29 is 19.2 Å². The molecular formula is C14H12ClNO4. The second-order valence-electron chi connectivity index (χ2n) is 4.82. The highest BCUT2D eigenvalue weighted by atomic mass is 35.5. The fourth-order valence-electron chi connectivity index (χ4n) is 1.89. The molecule has 1 saturated carbocycles. The third-order valence-electron chi connectivity index (χ3n) is 2.99. The highest BCUT2D eigenvalue weighted by Gasteiger charge is 2.27. The lowest BCUT2D eigenvalue weighted by molar-refractivity contribution is 0.0652. The number of nitrogens with zero attached hydrogens (tertiary/aromatic N) is 1. The SMILES string of the molecule is Cc1cc(Cl)c(OC2CC2)c(-c2cc(C(=O)O)on2)c1. The average molecular weight is 294 g/mol. The number of carboxylic acids is 1. The van der Waals surface area contributed by atoms with Crippen LogP contribution in [0.3, 0.4) is 0 Å². The molecule has 1 fully saturated rings. The number of aromatic carboxylic acids is 1. The number of aromatic nitrogens is 1. The van der Waals surface area contributed by atoms with Crippen LogP contribution in [0.2, 0.25) is 5.02 Å². The molecule has 0 saturated heterocycles. The van der Waals surface area contributed by atoms with E-state index in [4.69, 9.17) is 26.0 Å². The zero-order valence-corrected chi connectivity index (χ0v) is 11.5. The number of benzene rings is 1. The molecule has 0 aliphatic heterocycles. The number of rotatable bonds is 4. The minimum Gasteiger partial charge on any atom is -0.488 e. The van der Waals surface area contributed by atoms with Gasteiger partial charge in [0.25, 0.3) is 0 Å². The zero-order valence-electron chi connectivity index (χ0n) is 10.7. The maximum Gasteiger partial charge on any atom is 0.374 e. The van der Waals surface area contributed by atoms with Crippen molar-refractivity contribution in [3.63, 3.8) is 0 Å². The molecule has 0 unspecified atom stereocenters. The lowest BCUT2D eigenvalue weighted by Gasteiger charge is -2.12. The molecule has 3 rings (SSSR count). The standard InChI is InChI=1S/C14H12ClNO4/c1-7-4-9(11-6-12(14(17)18)20-16-11)13(10(15)5-7)19-8-2-3-8/h4-6,8H,2-3H2,1H3,(H,17,18). The largest absolute Gasteiger partial charge is 0.488 e. The number of carboxylic acid groups (broad SMARTS) is 1. The lowest BCUT2D eigenvalue weighted by Crippen LogP contribution is -1.99. The predicted molar refractivity (Wildman–Crippen MR) is 72.3 cm³/mol. The van der Waals surface area contributed by atoms with Crippen LogP contribution in [0.1, 0.15) is 29.0 Å². The van der Waals surface area contributed by atoms with Crippen molar-refractivity contribution in [2.45, 2.75) is 25.9 Å². The van der Waals surface area contributed by atoms with Crippen LogP contribution in [0.4, 0.5) is 0 Å². The maximum atomic E-state index is 10.9. The summed E-state index contributed by atoms with van der Waals surface area (Å²) in [6, 6.07) is 5.03. The topological polar surface area (TPSA) is 72.6 Å². The van der Waals surface area contributed by atoms with E-state index in [0.717, 1.165) is 18.4 Å². The summed E-state index contributed by atoms with van der Waals surface area (Å²) < 4.78 is 10.6. The van der Waals surface area contributed by atoms with Gasteiger partial charge in [-0.05, 0) is 37.5 Å². The van der Waals surface area contributed by atoms with E-state index in [2.05, 4.69) is 5.16 Å². The summed E-state index contributed by atoms with van der Waals surface area (Å²) in [4.78, 5) is 10.9. The predicted octanol–water partition coefficient (Wildman–Crippen LogP) is 3.54. The molecule has 104 valence electrons. The van der Waals surface area contributed by atoms with Gasteiger partial charge in [-0.15, -0.1) is 0 Å². The van der Waals surface area contributed by atoms with Gasteiger partial charge in [0, 0.05) is 11.6 Å². The van der Waals surface area contributed by atoms with Crippen LogP contribution in [0.25, 0.3) is 11.3 Å². The van der Waals surface area contributed by atoms with Gasteiger partial charge in [0.1, 0.15) is 11.4 Å². The smallest absolute Gasteiger partial charge is 0.374 e. The summed E-state index contributed by atoms with van der Waals surface area (Å²) in [5, 5.41) is 13.2. The van der Waals surface area contributed by atoms with Gasteiger partial charge in [-0.3, -0.25) is 0 Å². The van der Waals surface area contributed by atoms with Crippen LogP contribution in [-0.2, 0) is 0 Å². The van der Waals surface area contributed by atoms with E-state index in [-0.39, 0.29) is 11.9 Å². The molecule has 0 amide bonds. The van der Waals surface area contributed by atoms with Crippen molar-refractivity contribution >= 4 is 17.6 Å². The molecule has 0 radical (unpaired) electrons. The Morgan fingerprint density at radius 1 is 1.45 bits per heavy atom. The van der Waals surface area contributed by atoms with Gasteiger partial charge in [-0.25, -0.2) is 4.79 Å². The average Bonchev–Trinajstić information content (AvgIpc) is 3.05. The third kappa shape index (κ3) is 2.49. The Labute approximate surface area is 120 Å². The lowest BCUT2D eigenvalue weighted by atomic mass is 10.1. The summed E-state index contributed by atoms with van der Waals surface area (Å²) >= 11 is 6.23. The number of hydrogen-bond donors (Lipinski definition) is 1. The molecule has 1 N–H and O–H groups in total. The number of hydrogen-bond acceptors (Lipinski definition) is 4. The Hall–Kier alpha value is -2.01. The summed E-state index contributed by atoms with van der Waals surface area (Å²) in [6.45, 7) is 1.90. The van der Waals surface area contributed by atoms with Crippen molar-refractivity contribution in [3.8, 4) is 17.0 Å². The first-order valence-corrected chi connectivity index (χ1v) is 6.59. The number of aryl methyl sites for hydroxylation is 1. The highest BCUT2D eigenvalue weighted by Crippen LogP contribution is 2.40. The first kappa shape index (κ1) is 13.0. The molecule has 0 spiro atoms. The van der Waals surface area contributed by atoms with Gasteiger partial charge >= 0.3 is 5.97 Å². The van der Waals surface area contributed by atoms with Crippen molar-refractivity contribution in [2.24, 2.45) is 0 Å². The van der Waals surface area contributed by atoms with E-state index < -0.39 is 5.97 Å². The quantitative estimate of drug-likeness (QED) is 0.933. The van der Waals surface area contributed by atoms with E-state index in [0.29, 0.717) is 22.0 Å². The van der Waals surface area contributed by atoms with Crippen LogP contribution in [0.5, 0.6) is 5.75 Å². The fraction of sp³-hybridized carbons (Fsp3) is 0.286. The number of halogens is 1. The van der Waals surface area contributed by atoms with E-state index in [1.807, 2.05) is 13.0 Å². The van der Waals surface area contributed by atoms with Crippen molar-refractivity contribution in [1.29, 1.82) is 0 Å². The van der Waals surface area contributed by atoms with Gasteiger partial charge in [-0.1, -0.05) is 16.8 Å². The monoisotopic (exact) mass is 293 g/mol.